The van der Waals surface area contributed by atoms with Crippen LogP contribution in [0.15, 0.2) is 42.5 Å². The van der Waals surface area contributed by atoms with Gasteiger partial charge in [0, 0.05) is 24.8 Å². The summed E-state index contributed by atoms with van der Waals surface area (Å²) in [5.41, 5.74) is 4.12. The van der Waals surface area contributed by atoms with Crippen LogP contribution in [0.5, 0.6) is 0 Å². The lowest BCUT2D eigenvalue weighted by atomic mass is 10.0. The SMILES string of the molecule is CC(C)c1ccc(NC(=O)c2ccc3c(c2)N(C)C2CCCCCN2C3=O)cc1. The van der Waals surface area contributed by atoms with Crippen LogP contribution in [-0.2, 0) is 0 Å². The van der Waals surface area contributed by atoms with Crippen molar-refractivity contribution < 1.29 is 9.59 Å². The second kappa shape index (κ2) is 7.90. The summed E-state index contributed by atoms with van der Waals surface area (Å²) in [5, 5.41) is 2.97. The van der Waals surface area contributed by atoms with Crippen LogP contribution in [0.4, 0.5) is 11.4 Å². The lowest BCUT2D eigenvalue weighted by Crippen LogP contribution is -2.53. The minimum absolute atomic E-state index is 0.0828. The van der Waals surface area contributed by atoms with Crippen LogP contribution < -0.4 is 10.2 Å². The normalized spacial score (nSPS) is 18.9. The lowest BCUT2D eigenvalue weighted by Gasteiger charge is -2.43. The first-order valence-corrected chi connectivity index (χ1v) is 10.5. The van der Waals surface area contributed by atoms with Gasteiger partial charge in [-0.05, 0) is 61.1 Å². The minimum Gasteiger partial charge on any atom is -0.354 e. The second-order valence-electron chi connectivity index (χ2n) is 8.40. The fraction of sp³-hybridized carbons (Fsp3) is 0.417. The summed E-state index contributed by atoms with van der Waals surface area (Å²) in [5.74, 6) is 0.382. The molecule has 2 amide bonds. The molecule has 1 fully saturated rings. The quantitative estimate of drug-likeness (QED) is 0.813. The van der Waals surface area contributed by atoms with E-state index in [1.165, 1.54) is 5.56 Å². The van der Waals surface area contributed by atoms with E-state index >= 15 is 0 Å². The van der Waals surface area contributed by atoms with E-state index in [0.29, 0.717) is 17.0 Å². The Morgan fingerprint density at radius 1 is 1.07 bits per heavy atom. The standard InChI is InChI=1S/C24H29N3O2/c1-16(2)17-8-11-19(12-9-17)25-23(28)18-10-13-20-21(15-18)26(3)22-7-5-4-6-14-27(22)24(20)29/h8-13,15-16,22H,4-7,14H2,1-3H3,(H,25,28). The lowest BCUT2D eigenvalue weighted by molar-refractivity contribution is 0.0661. The van der Waals surface area contributed by atoms with E-state index in [0.717, 1.165) is 43.6 Å². The van der Waals surface area contributed by atoms with Crippen molar-refractivity contribution >= 4 is 23.2 Å². The zero-order valence-electron chi connectivity index (χ0n) is 17.4. The van der Waals surface area contributed by atoms with Crippen molar-refractivity contribution in [1.29, 1.82) is 0 Å². The highest BCUT2D eigenvalue weighted by atomic mass is 16.2. The number of amides is 2. The van der Waals surface area contributed by atoms with Gasteiger partial charge < -0.3 is 15.1 Å². The number of hydrogen-bond donors (Lipinski definition) is 1. The molecule has 0 spiro atoms. The highest BCUT2D eigenvalue weighted by Crippen LogP contribution is 2.34. The van der Waals surface area contributed by atoms with Gasteiger partial charge in [-0.3, -0.25) is 9.59 Å². The number of nitrogens with zero attached hydrogens (tertiary/aromatic N) is 2. The molecule has 5 heteroatoms. The summed E-state index contributed by atoms with van der Waals surface area (Å²) in [6.45, 7) is 5.10. The zero-order chi connectivity index (χ0) is 20.5. The fourth-order valence-electron chi connectivity index (χ4n) is 4.35. The average Bonchev–Trinajstić information content (AvgIpc) is 2.98. The summed E-state index contributed by atoms with van der Waals surface area (Å²) in [6, 6.07) is 13.4. The molecule has 2 aromatic rings. The zero-order valence-corrected chi connectivity index (χ0v) is 17.4. The number of rotatable bonds is 3. The first-order valence-electron chi connectivity index (χ1n) is 10.5. The summed E-state index contributed by atoms with van der Waals surface area (Å²) in [6.07, 6.45) is 4.40. The van der Waals surface area contributed by atoms with Gasteiger partial charge in [-0.25, -0.2) is 0 Å². The first kappa shape index (κ1) is 19.5. The topological polar surface area (TPSA) is 52.7 Å². The van der Waals surface area contributed by atoms with Gasteiger partial charge in [0.25, 0.3) is 11.8 Å². The van der Waals surface area contributed by atoms with Gasteiger partial charge in [-0.2, -0.15) is 0 Å². The van der Waals surface area contributed by atoms with E-state index < -0.39 is 0 Å². The molecule has 2 heterocycles. The van der Waals surface area contributed by atoms with Gasteiger partial charge in [-0.15, -0.1) is 0 Å². The number of hydrogen-bond acceptors (Lipinski definition) is 3. The molecule has 0 aliphatic carbocycles. The summed E-state index contributed by atoms with van der Waals surface area (Å²) in [4.78, 5) is 30.0. The van der Waals surface area contributed by atoms with Crippen molar-refractivity contribution in [3.8, 4) is 0 Å². The number of carbonyl (C=O) groups is 2. The third-order valence-corrected chi connectivity index (χ3v) is 6.13. The Bertz CT molecular complexity index is 920. The first-order chi connectivity index (χ1) is 14.0. The molecule has 4 rings (SSSR count). The summed E-state index contributed by atoms with van der Waals surface area (Å²) >= 11 is 0. The molecule has 2 aliphatic rings. The highest BCUT2D eigenvalue weighted by Gasteiger charge is 2.36. The molecule has 1 unspecified atom stereocenters. The smallest absolute Gasteiger partial charge is 0.257 e. The predicted octanol–water partition coefficient (Wildman–Crippen LogP) is 4.85. The van der Waals surface area contributed by atoms with Crippen molar-refractivity contribution in [2.45, 2.75) is 51.6 Å². The van der Waals surface area contributed by atoms with E-state index in [1.54, 1.807) is 12.1 Å². The molecular formula is C24H29N3O2. The third kappa shape index (κ3) is 3.74. The molecule has 0 saturated carbocycles. The average molecular weight is 392 g/mol. The molecule has 1 saturated heterocycles. The second-order valence-corrected chi connectivity index (χ2v) is 8.40. The Morgan fingerprint density at radius 3 is 2.55 bits per heavy atom. The number of carbonyl (C=O) groups excluding carboxylic acids is 2. The van der Waals surface area contributed by atoms with Gasteiger partial charge in [0.05, 0.1) is 11.3 Å². The van der Waals surface area contributed by atoms with E-state index in [9.17, 15) is 9.59 Å². The molecule has 5 nitrogen and oxygen atoms in total. The Kier molecular flexibility index (Phi) is 5.31. The van der Waals surface area contributed by atoms with E-state index in [2.05, 4.69) is 24.1 Å². The molecule has 0 bridgehead atoms. The van der Waals surface area contributed by atoms with Crippen molar-refractivity contribution in [2.75, 3.05) is 23.8 Å². The molecule has 29 heavy (non-hydrogen) atoms. The fourth-order valence-corrected chi connectivity index (χ4v) is 4.35. The molecular weight excluding hydrogens is 362 g/mol. The number of nitrogens with one attached hydrogen (secondary N) is 1. The molecule has 2 aliphatic heterocycles. The number of benzene rings is 2. The highest BCUT2D eigenvalue weighted by molar-refractivity contribution is 6.08. The Morgan fingerprint density at radius 2 is 1.83 bits per heavy atom. The predicted molar refractivity (Wildman–Crippen MR) is 117 cm³/mol. The van der Waals surface area contributed by atoms with Crippen molar-refractivity contribution in [3.63, 3.8) is 0 Å². The van der Waals surface area contributed by atoms with Gasteiger partial charge in [0.2, 0.25) is 0 Å². The van der Waals surface area contributed by atoms with Crippen LogP contribution in [0.1, 0.15) is 71.7 Å². The Labute approximate surface area is 172 Å². The van der Waals surface area contributed by atoms with Crippen LogP contribution in [0.2, 0.25) is 0 Å². The Balaban J connectivity index is 1.57. The monoisotopic (exact) mass is 391 g/mol. The van der Waals surface area contributed by atoms with Crippen LogP contribution in [-0.4, -0.2) is 36.5 Å². The van der Waals surface area contributed by atoms with Crippen molar-refractivity contribution in [1.82, 2.24) is 4.90 Å². The van der Waals surface area contributed by atoms with Crippen molar-refractivity contribution in [3.05, 3.63) is 59.2 Å². The van der Waals surface area contributed by atoms with Crippen molar-refractivity contribution in [2.24, 2.45) is 0 Å². The van der Waals surface area contributed by atoms with Crippen LogP contribution >= 0.6 is 0 Å². The van der Waals surface area contributed by atoms with E-state index in [1.807, 2.05) is 42.3 Å². The van der Waals surface area contributed by atoms with Crippen LogP contribution in [0.25, 0.3) is 0 Å². The maximum absolute atomic E-state index is 13.0. The number of anilines is 2. The van der Waals surface area contributed by atoms with E-state index in [-0.39, 0.29) is 18.0 Å². The van der Waals surface area contributed by atoms with Gasteiger partial charge in [-0.1, -0.05) is 32.4 Å². The molecule has 152 valence electrons. The van der Waals surface area contributed by atoms with Gasteiger partial charge in [0.15, 0.2) is 0 Å². The molecule has 2 aromatic carbocycles. The number of fused-ring (bicyclic) bond motifs is 2. The van der Waals surface area contributed by atoms with Crippen LogP contribution in [0, 0.1) is 0 Å². The largest absolute Gasteiger partial charge is 0.354 e. The molecule has 1 atom stereocenters. The maximum atomic E-state index is 13.0. The van der Waals surface area contributed by atoms with Gasteiger partial charge >= 0.3 is 0 Å². The summed E-state index contributed by atoms with van der Waals surface area (Å²) < 4.78 is 0. The van der Waals surface area contributed by atoms with E-state index in [4.69, 9.17) is 0 Å². The minimum atomic E-state index is -0.158. The molecule has 0 radical (unpaired) electrons. The third-order valence-electron chi connectivity index (χ3n) is 6.13. The molecule has 0 aromatic heterocycles. The van der Waals surface area contributed by atoms with Gasteiger partial charge in [0.1, 0.15) is 6.17 Å². The summed E-state index contributed by atoms with van der Waals surface area (Å²) in [7, 11) is 2.03. The maximum Gasteiger partial charge on any atom is 0.257 e. The van der Waals surface area contributed by atoms with Crippen LogP contribution in [0.3, 0.4) is 0 Å². The molecule has 1 N–H and O–H groups in total. The Hall–Kier alpha value is -2.82.